The lowest BCUT2D eigenvalue weighted by molar-refractivity contribution is -0.127. The van der Waals surface area contributed by atoms with Gasteiger partial charge in [0.25, 0.3) is 0 Å². The summed E-state index contributed by atoms with van der Waals surface area (Å²) < 4.78 is 0. The number of thioether (sulfide) groups is 2. The van der Waals surface area contributed by atoms with Crippen LogP contribution in [0, 0.1) is 0 Å². The maximum Gasteiger partial charge on any atom is 0.232 e. The Morgan fingerprint density at radius 3 is 2.30 bits per heavy atom. The molecule has 6 heteroatoms. The third-order valence-corrected chi connectivity index (χ3v) is 8.29. The van der Waals surface area contributed by atoms with Crippen molar-refractivity contribution in [3.63, 3.8) is 0 Å². The molecule has 0 aliphatic heterocycles. The van der Waals surface area contributed by atoms with E-state index in [-0.39, 0.29) is 5.91 Å². The van der Waals surface area contributed by atoms with Crippen LogP contribution in [0.3, 0.4) is 0 Å². The predicted molar refractivity (Wildman–Crippen MR) is 122 cm³/mol. The molecule has 1 aromatic carbocycles. The molecule has 2 unspecified atom stereocenters. The maximum absolute atomic E-state index is 12.5. The van der Waals surface area contributed by atoms with Gasteiger partial charge < -0.3 is 9.80 Å². The Labute approximate surface area is 178 Å². The van der Waals surface area contributed by atoms with Crippen LogP contribution in [0.15, 0.2) is 24.3 Å². The van der Waals surface area contributed by atoms with Crippen molar-refractivity contribution in [1.82, 2.24) is 9.80 Å². The first kappa shape index (κ1) is 22.9. The van der Waals surface area contributed by atoms with Crippen LogP contribution in [0.4, 0.5) is 0 Å². The Kier molecular flexibility index (Phi) is 10.4. The smallest absolute Gasteiger partial charge is 0.232 e. The number of amides is 1. The van der Waals surface area contributed by atoms with Crippen LogP contribution >= 0.6 is 35.1 Å². The summed E-state index contributed by atoms with van der Waals surface area (Å²) >= 11 is 9.90. The Hall–Kier alpha value is -0.360. The highest BCUT2D eigenvalue weighted by Gasteiger charge is 2.27. The average Bonchev–Trinajstić information content (AvgIpc) is 2.66. The summed E-state index contributed by atoms with van der Waals surface area (Å²) in [6.07, 6.45) is 6.14. The van der Waals surface area contributed by atoms with Crippen LogP contribution in [0.25, 0.3) is 0 Å². The minimum atomic E-state index is 0.269. The van der Waals surface area contributed by atoms with Gasteiger partial charge in [0.1, 0.15) is 0 Å². The standard InChI is InChI=1S/C21H33ClN2OS2/c1-23(2)13-6-14-24(3)21(25)16-27-20-8-5-4-7-19(20)26-15-17-9-11-18(22)12-10-17/h9-12,19-20H,4-8,13-16H2,1-3H3. The second-order valence-electron chi connectivity index (χ2n) is 7.58. The molecular formula is C21H33ClN2OS2. The number of hydrogen-bond acceptors (Lipinski definition) is 4. The molecule has 1 aliphatic carbocycles. The quantitative estimate of drug-likeness (QED) is 0.521. The van der Waals surface area contributed by atoms with Gasteiger partial charge in [-0.1, -0.05) is 36.6 Å². The van der Waals surface area contributed by atoms with E-state index < -0.39 is 0 Å². The summed E-state index contributed by atoms with van der Waals surface area (Å²) in [5.74, 6) is 1.91. The van der Waals surface area contributed by atoms with E-state index in [1.54, 1.807) is 0 Å². The van der Waals surface area contributed by atoms with Crippen molar-refractivity contribution in [1.29, 1.82) is 0 Å². The SMILES string of the molecule is CN(C)CCCN(C)C(=O)CSC1CCCCC1SCc1ccc(Cl)cc1. The summed E-state index contributed by atoms with van der Waals surface area (Å²) in [7, 11) is 6.08. The molecule has 0 radical (unpaired) electrons. The average molecular weight is 429 g/mol. The van der Waals surface area contributed by atoms with E-state index in [0.717, 1.165) is 30.3 Å². The lowest BCUT2D eigenvalue weighted by Gasteiger charge is -2.31. The van der Waals surface area contributed by atoms with E-state index >= 15 is 0 Å². The van der Waals surface area contributed by atoms with Crippen molar-refractivity contribution >= 4 is 41.0 Å². The van der Waals surface area contributed by atoms with Crippen LogP contribution in [0.2, 0.25) is 5.02 Å². The Balaban J connectivity index is 1.75. The monoisotopic (exact) mass is 428 g/mol. The fourth-order valence-electron chi connectivity index (χ4n) is 3.27. The topological polar surface area (TPSA) is 23.6 Å². The second-order valence-corrected chi connectivity index (χ2v) is 10.5. The zero-order chi connectivity index (χ0) is 19.6. The van der Waals surface area contributed by atoms with Crippen molar-refractivity contribution in [2.75, 3.05) is 40.0 Å². The minimum Gasteiger partial charge on any atom is -0.345 e. The van der Waals surface area contributed by atoms with Crippen molar-refractivity contribution < 1.29 is 4.79 Å². The molecule has 2 atom stereocenters. The lowest BCUT2D eigenvalue weighted by atomic mass is 10.00. The van der Waals surface area contributed by atoms with Gasteiger partial charge in [0.15, 0.2) is 0 Å². The van der Waals surface area contributed by atoms with E-state index in [1.165, 1.54) is 31.2 Å². The molecule has 1 amide bonds. The van der Waals surface area contributed by atoms with Gasteiger partial charge in [-0.2, -0.15) is 11.8 Å². The van der Waals surface area contributed by atoms with Gasteiger partial charge in [-0.15, -0.1) is 11.8 Å². The third kappa shape index (κ3) is 8.68. The van der Waals surface area contributed by atoms with Gasteiger partial charge in [-0.3, -0.25) is 4.79 Å². The molecule has 152 valence electrons. The van der Waals surface area contributed by atoms with Gasteiger partial charge in [-0.05, 0) is 57.6 Å². The fourth-order valence-corrected chi connectivity index (χ4v) is 6.41. The molecule has 0 aromatic heterocycles. The molecule has 3 nitrogen and oxygen atoms in total. The van der Waals surface area contributed by atoms with E-state index in [0.29, 0.717) is 16.3 Å². The third-order valence-electron chi connectivity index (χ3n) is 4.96. The summed E-state index contributed by atoms with van der Waals surface area (Å²) in [5.41, 5.74) is 1.33. The first-order chi connectivity index (χ1) is 13.0. The van der Waals surface area contributed by atoms with Crippen LogP contribution in [0.1, 0.15) is 37.7 Å². The zero-order valence-corrected chi connectivity index (χ0v) is 19.2. The van der Waals surface area contributed by atoms with Gasteiger partial charge in [0, 0.05) is 34.9 Å². The first-order valence-electron chi connectivity index (χ1n) is 9.82. The van der Waals surface area contributed by atoms with Gasteiger partial charge in [-0.25, -0.2) is 0 Å². The molecule has 0 N–H and O–H groups in total. The Morgan fingerprint density at radius 1 is 1.04 bits per heavy atom. The highest BCUT2D eigenvalue weighted by molar-refractivity contribution is 8.03. The number of nitrogens with zero attached hydrogens (tertiary/aromatic N) is 2. The summed E-state index contributed by atoms with van der Waals surface area (Å²) in [6, 6.07) is 8.17. The predicted octanol–water partition coefficient (Wildman–Crippen LogP) is 5.03. The van der Waals surface area contributed by atoms with Gasteiger partial charge >= 0.3 is 0 Å². The van der Waals surface area contributed by atoms with Gasteiger partial charge in [0.05, 0.1) is 5.75 Å². The minimum absolute atomic E-state index is 0.269. The van der Waals surface area contributed by atoms with Crippen molar-refractivity contribution in [2.45, 2.75) is 48.4 Å². The van der Waals surface area contributed by atoms with Crippen molar-refractivity contribution in [3.8, 4) is 0 Å². The Bertz CT molecular complexity index is 568. The Morgan fingerprint density at radius 2 is 1.67 bits per heavy atom. The van der Waals surface area contributed by atoms with E-state index in [2.05, 4.69) is 31.1 Å². The molecule has 1 aliphatic rings. The molecule has 2 rings (SSSR count). The number of rotatable bonds is 10. The van der Waals surface area contributed by atoms with Crippen LogP contribution in [-0.4, -0.2) is 66.2 Å². The van der Waals surface area contributed by atoms with Crippen LogP contribution < -0.4 is 0 Å². The number of halogens is 1. The maximum atomic E-state index is 12.5. The highest BCUT2D eigenvalue weighted by Crippen LogP contribution is 2.37. The van der Waals surface area contributed by atoms with Crippen molar-refractivity contribution in [3.05, 3.63) is 34.9 Å². The van der Waals surface area contributed by atoms with Gasteiger partial charge in [0.2, 0.25) is 5.91 Å². The first-order valence-corrected chi connectivity index (χ1v) is 12.3. The summed E-state index contributed by atoms with van der Waals surface area (Å²) in [4.78, 5) is 16.5. The van der Waals surface area contributed by atoms with Crippen LogP contribution in [0.5, 0.6) is 0 Å². The number of benzene rings is 1. The zero-order valence-electron chi connectivity index (χ0n) is 16.8. The van der Waals surface area contributed by atoms with Crippen molar-refractivity contribution in [2.24, 2.45) is 0 Å². The number of hydrogen-bond donors (Lipinski definition) is 0. The molecule has 0 saturated heterocycles. The molecule has 0 bridgehead atoms. The van der Waals surface area contributed by atoms with Crippen LogP contribution in [-0.2, 0) is 10.5 Å². The lowest BCUT2D eigenvalue weighted by Crippen LogP contribution is -2.33. The summed E-state index contributed by atoms with van der Waals surface area (Å²) in [5, 5.41) is 2.03. The molecule has 0 heterocycles. The number of carbonyl (C=O) groups excluding carboxylic acids is 1. The van der Waals surface area contributed by atoms with E-state index in [1.807, 2.05) is 47.6 Å². The highest BCUT2D eigenvalue weighted by atomic mass is 35.5. The van der Waals surface area contributed by atoms with E-state index in [4.69, 9.17) is 11.6 Å². The largest absolute Gasteiger partial charge is 0.345 e. The molecule has 1 aromatic rings. The number of carbonyl (C=O) groups is 1. The van der Waals surface area contributed by atoms with E-state index in [9.17, 15) is 4.79 Å². The molecule has 27 heavy (non-hydrogen) atoms. The molecule has 1 saturated carbocycles. The molecular weight excluding hydrogens is 396 g/mol. The molecule has 1 fully saturated rings. The fraction of sp³-hybridized carbons (Fsp3) is 0.667. The molecule has 0 spiro atoms. The second kappa shape index (κ2) is 12.3. The normalized spacial score (nSPS) is 20.0. The summed E-state index contributed by atoms with van der Waals surface area (Å²) in [6.45, 7) is 1.87.